The van der Waals surface area contributed by atoms with Gasteiger partial charge in [-0.3, -0.25) is 0 Å². The van der Waals surface area contributed by atoms with Crippen LogP contribution in [0.2, 0.25) is 0 Å². The summed E-state index contributed by atoms with van der Waals surface area (Å²) in [6, 6.07) is 5.02. The van der Waals surface area contributed by atoms with Crippen LogP contribution in [0.25, 0.3) is 11.0 Å². The molecular weight excluding hydrogens is 300 g/mol. The molecule has 0 aliphatic rings. The van der Waals surface area contributed by atoms with Crippen molar-refractivity contribution in [3.8, 4) is 5.75 Å². The smallest absolute Gasteiger partial charge is 0.344 e. The van der Waals surface area contributed by atoms with E-state index in [1.807, 2.05) is 6.92 Å². The summed E-state index contributed by atoms with van der Waals surface area (Å²) in [5.41, 5.74) is 1.14. The number of rotatable bonds is 6. The Morgan fingerprint density at radius 3 is 2.78 bits per heavy atom. The Kier molecular flexibility index (Phi) is 5.39. The largest absolute Gasteiger partial charge is 0.482 e. The monoisotopic (exact) mass is 320 g/mol. The molecule has 0 saturated heterocycles. The molecule has 1 aromatic heterocycles. The van der Waals surface area contributed by atoms with Gasteiger partial charge in [-0.1, -0.05) is 0 Å². The van der Waals surface area contributed by atoms with Crippen molar-refractivity contribution in [2.75, 3.05) is 13.2 Å². The first-order valence-corrected chi connectivity index (χ1v) is 7.45. The predicted molar refractivity (Wildman–Crippen MR) is 84.7 cm³/mol. The van der Waals surface area contributed by atoms with Crippen molar-refractivity contribution in [2.45, 2.75) is 33.3 Å². The van der Waals surface area contributed by atoms with Crippen molar-refractivity contribution in [1.82, 2.24) is 0 Å². The zero-order chi connectivity index (χ0) is 17.0. The highest BCUT2D eigenvalue weighted by Crippen LogP contribution is 2.24. The van der Waals surface area contributed by atoms with E-state index in [-0.39, 0.29) is 13.0 Å². The lowest BCUT2D eigenvalue weighted by Crippen LogP contribution is -2.16. The molecule has 0 unspecified atom stereocenters. The van der Waals surface area contributed by atoms with E-state index in [0.29, 0.717) is 23.5 Å². The SMILES string of the molecule is CCOC(=O)COc1ccc2c(C)c(C[C@H](C)O)c(=O)oc2c1. The summed E-state index contributed by atoms with van der Waals surface area (Å²) in [6.45, 7) is 5.24. The molecule has 0 bridgehead atoms. The summed E-state index contributed by atoms with van der Waals surface area (Å²) in [5.74, 6) is -0.0473. The minimum absolute atomic E-state index is 0.206. The molecule has 2 rings (SSSR count). The van der Waals surface area contributed by atoms with Gasteiger partial charge in [0.1, 0.15) is 11.3 Å². The zero-order valence-corrected chi connectivity index (χ0v) is 13.4. The number of aryl methyl sites for hydroxylation is 1. The molecule has 0 spiro atoms. The first-order chi connectivity index (χ1) is 10.9. The van der Waals surface area contributed by atoms with Crippen molar-refractivity contribution in [3.05, 3.63) is 39.7 Å². The van der Waals surface area contributed by atoms with Gasteiger partial charge >= 0.3 is 11.6 Å². The average Bonchev–Trinajstić information content (AvgIpc) is 2.49. The third-order valence-electron chi connectivity index (χ3n) is 3.42. The number of carbonyl (C=O) groups is 1. The van der Waals surface area contributed by atoms with Crippen LogP contribution in [0.4, 0.5) is 0 Å². The lowest BCUT2D eigenvalue weighted by Gasteiger charge is -2.10. The van der Waals surface area contributed by atoms with Gasteiger partial charge in [0, 0.05) is 23.4 Å². The van der Waals surface area contributed by atoms with Gasteiger partial charge in [-0.15, -0.1) is 0 Å². The number of hydrogen-bond donors (Lipinski definition) is 1. The second-order valence-corrected chi connectivity index (χ2v) is 5.30. The van der Waals surface area contributed by atoms with Gasteiger partial charge < -0.3 is 19.0 Å². The summed E-state index contributed by atoms with van der Waals surface area (Å²) in [6.07, 6.45) is -0.383. The predicted octanol–water partition coefficient (Wildman–Crippen LogP) is 1.97. The highest BCUT2D eigenvalue weighted by molar-refractivity contribution is 5.82. The summed E-state index contributed by atoms with van der Waals surface area (Å²) in [5, 5.41) is 10.3. The number of aliphatic hydroxyl groups excluding tert-OH is 1. The first kappa shape index (κ1) is 17.0. The number of hydrogen-bond acceptors (Lipinski definition) is 6. The van der Waals surface area contributed by atoms with Crippen molar-refractivity contribution >= 4 is 16.9 Å². The highest BCUT2D eigenvalue weighted by Gasteiger charge is 2.14. The highest BCUT2D eigenvalue weighted by atomic mass is 16.6. The summed E-state index contributed by atoms with van der Waals surface area (Å²) >= 11 is 0. The second-order valence-electron chi connectivity index (χ2n) is 5.30. The lowest BCUT2D eigenvalue weighted by molar-refractivity contribution is -0.145. The van der Waals surface area contributed by atoms with Crippen LogP contribution in [0, 0.1) is 6.92 Å². The molecule has 0 amide bonds. The van der Waals surface area contributed by atoms with Crippen LogP contribution in [0.1, 0.15) is 25.0 Å². The Hall–Kier alpha value is -2.34. The van der Waals surface area contributed by atoms with Crippen LogP contribution in [0.3, 0.4) is 0 Å². The Labute approximate surface area is 133 Å². The molecule has 1 N–H and O–H groups in total. The van der Waals surface area contributed by atoms with E-state index in [1.165, 1.54) is 0 Å². The summed E-state index contributed by atoms with van der Waals surface area (Å²) in [7, 11) is 0. The molecule has 1 aromatic carbocycles. The zero-order valence-electron chi connectivity index (χ0n) is 13.4. The summed E-state index contributed by atoms with van der Waals surface area (Å²) in [4.78, 5) is 23.4. The number of benzene rings is 1. The molecule has 124 valence electrons. The molecule has 0 aliphatic heterocycles. The average molecular weight is 320 g/mol. The van der Waals surface area contributed by atoms with E-state index >= 15 is 0 Å². The maximum absolute atomic E-state index is 12.1. The normalized spacial score (nSPS) is 12.2. The van der Waals surface area contributed by atoms with E-state index in [9.17, 15) is 14.7 Å². The standard InChI is InChI=1S/C17H20O6/c1-4-21-16(19)9-22-12-5-6-13-11(3)14(7-10(2)18)17(20)23-15(13)8-12/h5-6,8,10,18H,4,7,9H2,1-3H3/t10-/m0/s1. The molecule has 6 nitrogen and oxygen atoms in total. The van der Waals surface area contributed by atoms with Gasteiger partial charge in [0.2, 0.25) is 0 Å². The van der Waals surface area contributed by atoms with Crippen LogP contribution in [0.5, 0.6) is 5.75 Å². The third-order valence-corrected chi connectivity index (χ3v) is 3.42. The minimum atomic E-state index is -0.624. The van der Waals surface area contributed by atoms with Gasteiger partial charge in [0.25, 0.3) is 0 Å². The molecule has 0 fully saturated rings. The fourth-order valence-electron chi connectivity index (χ4n) is 2.34. The van der Waals surface area contributed by atoms with E-state index in [0.717, 1.165) is 10.9 Å². The fraction of sp³-hybridized carbons (Fsp3) is 0.412. The van der Waals surface area contributed by atoms with Gasteiger partial charge in [0.15, 0.2) is 6.61 Å². The van der Waals surface area contributed by atoms with Gasteiger partial charge in [-0.2, -0.15) is 0 Å². The lowest BCUT2D eigenvalue weighted by atomic mass is 10.0. The first-order valence-electron chi connectivity index (χ1n) is 7.45. The topological polar surface area (TPSA) is 86.0 Å². The third kappa shape index (κ3) is 4.10. The molecule has 6 heteroatoms. The second kappa shape index (κ2) is 7.28. The van der Waals surface area contributed by atoms with Crippen molar-refractivity contribution in [1.29, 1.82) is 0 Å². The van der Waals surface area contributed by atoms with Crippen molar-refractivity contribution in [2.24, 2.45) is 0 Å². The van der Waals surface area contributed by atoms with E-state index in [4.69, 9.17) is 13.9 Å². The molecular formula is C17H20O6. The van der Waals surface area contributed by atoms with Crippen LogP contribution in [-0.4, -0.2) is 30.4 Å². The molecule has 1 heterocycles. The van der Waals surface area contributed by atoms with Crippen molar-refractivity contribution in [3.63, 3.8) is 0 Å². The maximum atomic E-state index is 12.1. The minimum Gasteiger partial charge on any atom is -0.482 e. The van der Waals surface area contributed by atoms with E-state index in [2.05, 4.69) is 0 Å². The fourth-order valence-corrected chi connectivity index (χ4v) is 2.34. The molecule has 1 atom stereocenters. The van der Waals surface area contributed by atoms with Gasteiger partial charge in [-0.05, 0) is 38.5 Å². The number of esters is 1. The number of aliphatic hydroxyl groups is 1. The number of ether oxygens (including phenoxy) is 2. The van der Waals surface area contributed by atoms with Crippen LogP contribution in [0.15, 0.2) is 27.4 Å². The van der Waals surface area contributed by atoms with Gasteiger partial charge in [-0.25, -0.2) is 9.59 Å². The van der Waals surface area contributed by atoms with Crippen LogP contribution in [-0.2, 0) is 16.0 Å². The van der Waals surface area contributed by atoms with Crippen LogP contribution >= 0.6 is 0 Å². The van der Waals surface area contributed by atoms with Gasteiger partial charge in [0.05, 0.1) is 12.7 Å². The quantitative estimate of drug-likeness (QED) is 0.647. The number of fused-ring (bicyclic) bond motifs is 1. The van der Waals surface area contributed by atoms with E-state index in [1.54, 1.807) is 32.0 Å². The van der Waals surface area contributed by atoms with Crippen LogP contribution < -0.4 is 10.4 Å². The Morgan fingerprint density at radius 2 is 2.13 bits per heavy atom. The molecule has 0 radical (unpaired) electrons. The molecule has 2 aromatic rings. The molecule has 0 saturated carbocycles. The summed E-state index contributed by atoms with van der Waals surface area (Å²) < 4.78 is 15.4. The number of carbonyl (C=O) groups excluding carboxylic acids is 1. The Balaban J connectivity index is 2.30. The van der Waals surface area contributed by atoms with Crippen molar-refractivity contribution < 1.29 is 23.8 Å². The Morgan fingerprint density at radius 1 is 1.39 bits per heavy atom. The molecule has 0 aliphatic carbocycles. The Bertz CT molecular complexity index is 760. The van der Waals surface area contributed by atoms with E-state index < -0.39 is 17.7 Å². The molecule has 23 heavy (non-hydrogen) atoms. The maximum Gasteiger partial charge on any atom is 0.344 e.